The van der Waals surface area contributed by atoms with E-state index in [-0.39, 0.29) is 5.70 Å². The van der Waals surface area contributed by atoms with Crippen molar-refractivity contribution in [1.29, 1.82) is 0 Å². The number of furan rings is 1. The van der Waals surface area contributed by atoms with Crippen molar-refractivity contribution in [3.8, 4) is 11.3 Å². The van der Waals surface area contributed by atoms with Gasteiger partial charge < -0.3 is 9.15 Å². The van der Waals surface area contributed by atoms with Crippen LogP contribution >= 0.6 is 34.5 Å². The zero-order valence-electron chi connectivity index (χ0n) is 12.5. The van der Waals surface area contributed by atoms with Gasteiger partial charge in [-0.25, -0.2) is 9.79 Å². The number of esters is 1. The number of benzene rings is 1. The molecular weight excluding hydrogens is 381 g/mol. The number of carbonyl (C=O) groups is 1. The quantitative estimate of drug-likeness (QED) is 0.428. The smallest absolute Gasteiger partial charge is 0.363 e. The molecule has 1 aliphatic heterocycles. The summed E-state index contributed by atoms with van der Waals surface area (Å²) in [5.41, 5.74) is 0.858. The second kappa shape index (κ2) is 6.52. The maximum atomic E-state index is 12.0. The van der Waals surface area contributed by atoms with E-state index in [1.807, 2.05) is 17.5 Å². The van der Waals surface area contributed by atoms with E-state index in [2.05, 4.69) is 4.99 Å². The molecule has 3 aromatic rings. The summed E-state index contributed by atoms with van der Waals surface area (Å²) < 4.78 is 10.9. The topological polar surface area (TPSA) is 51.8 Å². The fourth-order valence-corrected chi connectivity index (χ4v) is 3.34. The number of nitrogens with zero attached hydrogens (tertiary/aromatic N) is 1. The highest BCUT2D eigenvalue weighted by molar-refractivity contribution is 7.12. The van der Waals surface area contributed by atoms with Gasteiger partial charge in [-0.3, -0.25) is 0 Å². The fourth-order valence-electron chi connectivity index (χ4n) is 2.31. The van der Waals surface area contributed by atoms with Gasteiger partial charge in [0, 0.05) is 16.7 Å². The van der Waals surface area contributed by atoms with Gasteiger partial charge in [0.1, 0.15) is 11.5 Å². The SMILES string of the molecule is O=C1OC(c2cccs2)=N/C1=C\c1ccc(-c2cc(Cl)ccc2Cl)o1. The molecule has 0 spiro atoms. The van der Waals surface area contributed by atoms with E-state index in [0.717, 1.165) is 4.88 Å². The van der Waals surface area contributed by atoms with E-state index in [0.29, 0.717) is 33.0 Å². The minimum atomic E-state index is -0.512. The summed E-state index contributed by atoms with van der Waals surface area (Å²) in [5, 5.41) is 2.97. The molecule has 0 saturated carbocycles. The summed E-state index contributed by atoms with van der Waals surface area (Å²) in [6.07, 6.45) is 1.53. The lowest BCUT2D eigenvalue weighted by atomic mass is 10.2. The van der Waals surface area contributed by atoms with E-state index in [1.54, 1.807) is 30.3 Å². The second-order valence-corrected chi connectivity index (χ2v) is 6.93. The Morgan fingerprint density at radius 2 is 2.00 bits per heavy atom. The normalized spacial score (nSPS) is 15.5. The standard InChI is InChI=1S/C18H9Cl2NO3S/c19-10-3-5-13(20)12(8-10)15-6-4-11(23-15)9-14-18(22)24-17(21-14)16-2-1-7-25-16/h1-9H/b14-9-. The number of cyclic esters (lactones) is 1. The number of hydrogen-bond acceptors (Lipinski definition) is 5. The van der Waals surface area contributed by atoms with Crippen molar-refractivity contribution in [2.24, 2.45) is 4.99 Å². The maximum Gasteiger partial charge on any atom is 0.363 e. The number of hydrogen-bond donors (Lipinski definition) is 0. The molecule has 0 amide bonds. The first-order chi connectivity index (χ1) is 12.1. The summed E-state index contributed by atoms with van der Waals surface area (Å²) in [5.74, 6) is 0.806. The molecule has 124 valence electrons. The minimum Gasteiger partial charge on any atom is -0.457 e. The first-order valence-corrected chi connectivity index (χ1v) is 8.85. The van der Waals surface area contributed by atoms with Crippen molar-refractivity contribution in [3.63, 3.8) is 0 Å². The molecule has 4 rings (SSSR count). The van der Waals surface area contributed by atoms with E-state index in [9.17, 15) is 4.79 Å². The van der Waals surface area contributed by atoms with Gasteiger partial charge in [-0.1, -0.05) is 29.3 Å². The van der Waals surface area contributed by atoms with Gasteiger partial charge in [-0.05, 0) is 41.8 Å². The van der Waals surface area contributed by atoms with Crippen LogP contribution in [0.25, 0.3) is 17.4 Å². The zero-order chi connectivity index (χ0) is 17.4. The van der Waals surface area contributed by atoms with Gasteiger partial charge in [-0.15, -0.1) is 11.3 Å². The molecule has 2 aromatic heterocycles. The molecule has 1 aliphatic rings. The largest absolute Gasteiger partial charge is 0.457 e. The molecule has 0 aliphatic carbocycles. The van der Waals surface area contributed by atoms with Crippen molar-refractivity contribution in [3.05, 3.63) is 74.2 Å². The number of thiophene rings is 1. The molecule has 0 radical (unpaired) electrons. The molecule has 0 unspecified atom stereocenters. The Bertz CT molecular complexity index is 1020. The lowest BCUT2D eigenvalue weighted by Crippen LogP contribution is -2.03. The molecule has 0 fully saturated rings. The van der Waals surface area contributed by atoms with E-state index >= 15 is 0 Å². The average Bonchev–Trinajstić information content (AvgIpc) is 3.32. The van der Waals surface area contributed by atoms with Crippen LogP contribution in [0, 0.1) is 0 Å². The van der Waals surface area contributed by atoms with Gasteiger partial charge in [0.05, 0.1) is 9.90 Å². The van der Waals surface area contributed by atoms with Crippen molar-refractivity contribution in [1.82, 2.24) is 0 Å². The van der Waals surface area contributed by atoms with Crippen molar-refractivity contribution in [2.75, 3.05) is 0 Å². The Hall–Kier alpha value is -2.34. The summed E-state index contributed by atoms with van der Waals surface area (Å²) >= 11 is 13.6. The molecule has 0 atom stereocenters. The van der Waals surface area contributed by atoms with Gasteiger partial charge in [0.15, 0.2) is 5.70 Å². The van der Waals surface area contributed by atoms with Crippen LogP contribution in [0.5, 0.6) is 0 Å². The lowest BCUT2D eigenvalue weighted by Gasteiger charge is -2.01. The van der Waals surface area contributed by atoms with Crippen molar-refractivity contribution >= 4 is 52.5 Å². The van der Waals surface area contributed by atoms with Gasteiger partial charge >= 0.3 is 5.97 Å². The first kappa shape index (κ1) is 16.1. The van der Waals surface area contributed by atoms with E-state index in [1.165, 1.54) is 17.4 Å². The van der Waals surface area contributed by atoms with E-state index < -0.39 is 5.97 Å². The molecule has 0 saturated heterocycles. The summed E-state index contributed by atoms with van der Waals surface area (Å²) in [7, 11) is 0. The second-order valence-electron chi connectivity index (χ2n) is 5.14. The van der Waals surface area contributed by atoms with Crippen LogP contribution in [-0.2, 0) is 9.53 Å². The Labute approximate surface area is 157 Å². The van der Waals surface area contributed by atoms with Gasteiger partial charge in [-0.2, -0.15) is 0 Å². The number of rotatable bonds is 3. The molecule has 4 nitrogen and oxygen atoms in total. The number of aliphatic imine (C=N–C) groups is 1. The van der Waals surface area contributed by atoms with Crippen molar-refractivity contribution in [2.45, 2.75) is 0 Å². The summed E-state index contributed by atoms with van der Waals surface area (Å²) in [6, 6.07) is 12.3. The van der Waals surface area contributed by atoms with Crippen LogP contribution in [0.2, 0.25) is 10.0 Å². The molecule has 25 heavy (non-hydrogen) atoms. The van der Waals surface area contributed by atoms with E-state index in [4.69, 9.17) is 32.4 Å². The van der Waals surface area contributed by atoms with Crippen LogP contribution in [-0.4, -0.2) is 11.9 Å². The third kappa shape index (κ3) is 3.26. The van der Waals surface area contributed by atoms with Crippen molar-refractivity contribution < 1.29 is 13.9 Å². The number of carbonyl (C=O) groups excluding carboxylic acids is 1. The Kier molecular flexibility index (Phi) is 4.21. The van der Waals surface area contributed by atoms with Crippen LogP contribution in [0.4, 0.5) is 0 Å². The third-order valence-corrected chi connectivity index (χ3v) is 4.87. The summed E-state index contributed by atoms with van der Waals surface area (Å²) in [6.45, 7) is 0. The zero-order valence-corrected chi connectivity index (χ0v) is 14.9. The monoisotopic (exact) mass is 389 g/mol. The Morgan fingerprint density at radius 3 is 2.80 bits per heavy atom. The highest BCUT2D eigenvalue weighted by atomic mass is 35.5. The predicted octanol–water partition coefficient (Wildman–Crippen LogP) is 5.66. The summed E-state index contributed by atoms with van der Waals surface area (Å²) in [4.78, 5) is 17.0. The molecule has 0 N–H and O–H groups in total. The Morgan fingerprint density at radius 1 is 1.12 bits per heavy atom. The third-order valence-electron chi connectivity index (χ3n) is 3.45. The van der Waals surface area contributed by atoms with Crippen LogP contribution in [0.3, 0.4) is 0 Å². The molecule has 1 aromatic carbocycles. The fraction of sp³-hybridized carbons (Fsp3) is 0. The molecule has 3 heterocycles. The number of halogens is 2. The van der Waals surface area contributed by atoms with Crippen LogP contribution < -0.4 is 0 Å². The number of ether oxygens (including phenoxy) is 1. The van der Waals surface area contributed by atoms with Gasteiger partial charge in [0.25, 0.3) is 0 Å². The lowest BCUT2D eigenvalue weighted by molar-refractivity contribution is -0.129. The Balaban J connectivity index is 1.66. The molecule has 0 bridgehead atoms. The average molecular weight is 390 g/mol. The molecule has 7 heteroatoms. The maximum absolute atomic E-state index is 12.0. The first-order valence-electron chi connectivity index (χ1n) is 7.22. The van der Waals surface area contributed by atoms with Crippen LogP contribution in [0.1, 0.15) is 10.6 Å². The van der Waals surface area contributed by atoms with Crippen LogP contribution in [0.15, 0.2) is 63.0 Å². The minimum absolute atomic E-state index is 0.182. The van der Waals surface area contributed by atoms with Gasteiger partial charge in [0.2, 0.25) is 5.90 Å². The highest BCUT2D eigenvalue weighted by Crippen LogP contribution is 2.32. The predicted molar refractivity (Wildman–Crippen MR) is 99.1 cm³/mol. The highest BCUT2D eigenvalue weighted by Gasteiger charge is 2.25. The molecular formula is C18H9Cl2NO3S.